The fourth-order valence-electron chi connectivity index (χ4n) is 2.69. The van der Waals surface area contributed by atoms with Gasteiger partial charge in [0.1, 0.15) is 5.69 Å². The monoisotopic (exact) mass is 206 g/mol. The van der Waals surface area contributed by atoms with Gasteiger partial charge in [0, 0.05) is 6.42 Å². The lowest BCUT2D eigenvalue weighted by atomic mass is 10.0. The Balaban J connectivity index is 2.35. The molecule has 0 aromatic heterocycles. The highest BCUT2D eigenvalue weighted by molar-refractivity contribution is 5.43. The molecule has 1 saturated heterocycles. The van der Waals surface area contributed by atoms with E-state index in [1.165, 1.54) is 12.1 Å². The van der Waals surface area contributed by atoms with E-state index in [9.17, 15) is 5.11 Å². The van der Waals surface area contributed by atoms with E-state index in [4.69, 9.17) is 0 Å². The van der Waals surface area contributed by atoms with Crippen molar-refractivity contribution in [3.8, 4) is 0 Å². The Labute approximate surface area is 91.7 Å². The van der Waals surface area contributed by atoms with Crippen LogP contribution in [0.1, 0.15) is 26.2 Å². The first-order valence-electron chi connectivity index (χ1n) is 5.90. The summed E-state index contributed by atoms with van der Waals surface area (Å²) < 4.78 is 0.751. The average Bonchev–Trinajstić information content (AvgIpc) is 2.31. The van der Waals surface area contributed by atoms with Gasteiger partial charge in [0.15, 0.2) is 6.23 Å². The van der Waals surface area contributed by atoms with Gasteiger partial charge < -0.3 is 5.11 Å². The summed E-state index contributed by atoms with van der Waals surface area (Å²) in [5.74, 6) is 0. The van der Waals surface area contributed by atoms with Gasteiger partial charge in [0.25, 0.3) is 0 Å². The summed E-state index contributed by atoms with van der Waals surface area (Å²) in [7, 11) is 0. The third kappa shape index (κ3) is 1.80. The van der Waals surface area contributed by atoms with Crippen molar-refractivity contribution >= 4 is 5.69 Å². The van der Waals surface area contributed by atoms with Gasteiger partial charge in [-0.1, -0.05) is 18.2 Å². The van der Waals surface area contributed by atoms with E-state index < -0.39 is 0 Å². The molecule has 2 atom stereocenters. The summed E-state index contributed by atoms with van der Waals surface area (Å²) in [5, 5.41) is 10.2. The lowest BCUT2D eigenvalue weighted by Crippen LogP contribution is -2.59. The Bertz CT molecular complexity index is 312. The second-order valence-electron chi connectivity index (χ2n) is 4.39. The number of quaternary nitrogens is 1. The summed E-state index contributed by atoms with van der Waals surface area (Å²) in [4.78, 5) is 0. The van der Waals surface area contributed by atoms with Crippen molar-refractivity contribution in [3.63, 3.8) is 0 Å². The molecule has 2 heteroatoms. The second-order valence-corrected chi connectivity index (χ2v) is 4.39. The summed E-state index contributed by atoms with van der Waals surface area (Å²) in [6.45, 7) is 4.22. The Morgan fingerprint density at radius 2 is 2.00 bits per heavy atom. The Morgan fingerprint density at radius 3 is 2.60 bits per heavy atom. The van der Waals surface area contributed by atoms with Gasteiger partial charge in [0.2, 0.25) is 0 Å². The smallest absolute Gasteiger partial charge is 0.195 e. The molecule has 0 spiro atoms. The van der Waals surface area contributed by atoms with Crippen molar-refractivity contribution < 1.29 is 5.11 Å². The number of aliphatic hydroxyl groups is 1. The van der Waals surface area contributed by atoms with Crippen molar-refractivity contribution in [3.05, 3.63) is 30.3 Å². The van der Waals surface area contributed by atoms with Crippen LogP contribution in [0.2, 0.25) is 0 Å². The normalized spacial score (nSPS) is 31.5. The zero-order valence-corrected chi connectivity index (χ0v) is 9.39. The van der Waals surface area contributed by atoms with Crippen LogP contribution in [0.3, 0.4) is 0 Å². The van der Waals surface area contributed by atoms with Crippen LogP contribution in [-0.4, -0.2) is 24.4 Å². The Hall–Kier alpha value is -0.860. The molecular weight excluding hydrogens is 186 g/mol. The molecule has 1 aromatic rings. The third-order valence-corrected chi connectivity index (χ3v) is 3.67. The van der Waals surface area contributed by atoms with E-state index in [1.807, 2.05) is 6.07 Å². The molecule has 2 rings (SSSR count). The minimum atomic E-state index is -0.217. The first kappa shape index (κ1) is 10.7. The molecule has 2 unspecified atom stereocenters. The highest BCUT2D eigenvalue weighted by atomic mass is 16.3. The van der Waals surface area contributed by atoms with Crippen LogP contribution in [0.15, 0.2) is 30.3 Å². The SMILES string of the molecule is CC[N+]1(c2ccccc2)CCCCC1O. The van der Waals surface area contributed by atoms with Crippen LogP contribution in [0, 0.1) is 0 Å². The molecule has 1 aliphatic heterocycles. The van der Waals surface area contributed by atoms with Crippen molar-refractivity contribution in [1.29, 1.82) is 0 Å². The summed E-state index contributed by atoms with van der Waals surface area (Å²) in [6, 6.07) is 10.4. The van der Waals surface area contributed by atoms with E-state index >= 15 is 0 Å². The number of nitrogens with zero attached hydrogens (tertiary/aromatic N) is 1. The minimum absolute atomic E-state index is 0.217. The molecule has 0 aliphatic carbocycles. The fraction of sp³-hybridized carbons (Fsp3) is 0.538. The van der Waals surface area contributed by atoms with E-state index in [1.54, 1.807) is 0 Å². The largest absolute Gasteiger partial charge is 0.344 e. The zero-order valence-electron chi connectivity index (χ0n) is 9.39. The molecule has 1 heterocycles. The molecule has 0 amide bonds. The predicted octanol–water partition coefficient (Wildman–Crippen LogP) is 2.52. The van der Waals surface area contributed by atoms with Gasteiger partial charge in [-0.05, 0) is 31.9 Å². The van der Waals surface area contributed by atoms with Crippen molar-refractivity contribution in [2.45, 2.75) is 32.4 Å². The third-order valence-electron chi connectivity index (χ3n) is 3.67. The lowest BCUT2D eigenvalue weighted by molar-refractivity contribution is -0.0148. The Morgan fingerprint density at radius 1 is 1.27 bits per heavy atom. The molecule has 1 aromatic carbocycles. The van der Waals surface area contributed by atoms with Gasteiger partial charge >= 0.3 is 0 Å². The number of piperidine rings is 1. The predicted molar refractivity (Wildman–Crippen MR) is 63.5 cm³/mol. The molecule has 1 N–H and O–H groups in total. The number of rotatable bonds is 2. The lowest BCUT2D eigenvalue weighted by Gasteiger charge is -2.43. The first-order chi connectivity index (χ1) is 7.29. The average molecular weight is 206 g/mol. The zero-order chi connectivity index (χ0) is 10.7. The molecule has 82 valence electrons. The number of hydrogen-bond donors (Lipinski definition) is 1. The maximum absolute atomic E-state index is 10.2. The maximum Gasteiger partial charge on any atom is 0.195 e. The van der Waals surface area contributed by atoms with Gasteiger partial charge in [-0.2, -0.15) is 0 Å². The number of para-hydroxylation sites is 1. The topological polar surface area (TPSA) is 20.2 Å². The van der Waals surface area contributed by atoms with E-state index in [-0.39, 0.29) is 6.23 Å². The van der Waals surface area contributed by atoms with Crippen LogP contribution in [0.5, 0.6) is 0 Å². The van der Waals surface area contributed by atoms with Gasteiger partial charge in [-0.15, -0.1) is 0 Å². The quantitative estimate of drug-likeness (QED) is 0.737. The van der Waals surface area contributed by atoms with Gasteiger partial charge in [0.05, 0.1) is 13.1 Å². The molecule has 15 heavy (non-hydrogen) atoms. The van der Waals surface area contributed by atoms with Crippen LogP contribution >= 0.6 is 0 Å². The summed E-state index contributed by atoms with van der Waals surface area (Å²) in [6.07, 6.45) is 3.10. The fourth-order valence-corrected chi connectivity index (χ4v) is 2.69. The van der Waals surface area contributed by atoms with E-state index in [0.29, 0.717) is 0 Å². The molecule has 1 aliphatic rings. The Kier molecular flexibility index (Phi) is 3.08. The number of benzene rings is 1. The van der Waals surface area contributed by atoms with Gasteiger partial charge in [-0.25, -0.2) is 0 Å². The molecule has 0 saturated carbocycles. The summed E-state index contributed by atoms with van der Waals surface area (Å²) in [5.41, 5.74) is 1.26. The van der Waals surface area contributed by atoms with Crippen LogP contribution in [-0.2, 0) is 0 Å². The maximum atomic E-state index is 10.2. The first-order valence-corrected chi connectivity index (χ1v) is 5.90. The highest BCUT2D eigenvalue weighted by Crippen LogP contribution is 2.31. The van der Waals surface area contributed by atoms with Crippen LogP contribution in [0.4, 0.5) is 5.69 Å². The minimum Gasteiger partial charge on any atom is -0.344 e. The van der Waals surface area contributed by atoms with Crippen molar-refractivity contribution in [1.82, 2.24) is 4.48 Å². The van der Waals surface area contributed by atoms with Crippen molar-refractivity contribution in [2.24, 2.45) is 0 Å². The molecule has 0 bridgehead atoms. The number of aliphatic hydroxyl groups excluding tert-OH is 1. The van der Waals surface area contributed by atoms with Crippen molar-refractivity contribution in [2.75, 3.05) is 13.1 Å². The van der Waals surface area contributed by atoms with Crippen LogP contribution < -0.4 is 4.48 Å². The molecule has 2 nitrogen and oxygen atoms in total. The number of likely N-dealkylation sites (tertiary alicyclic amines) is 1. The summed E-state index contributed by atoms with van der Waals surface area (Å²) >= 11 is 0. The highest BCUT2D eigenvalue weighted by Gasteiger charge is 2.38. The second kappa shape index (κ2) is 4.33. The molecule has 1 fully saturated rings. The molecule has 0 radical (unpaired) electrons. The number of hydrogen-bond acceptors (Lipinski definition) is 1. The van der Waals surface area contributed by atoms with E-state index in [2.05, 4.69) is 31.2 Å². The standard InChI is InChI=1S/C13H20NO/c1-2-14(11-7-6-10-13(14)15)12-8-4-3-5-9-12/h3-5,8-9,13,15H,2,6-7,10-11H2,1H3/q+1. The van der Waals surface area contributed by atoms with Crippen LogP contribution in [0.25, 0.3) is 0 Å². The van der Waals surface area contributed by atoms with E-state index in [0.717, 1.165) is 30.4 Å². The van der Waals surface area contributed by atoms with Gasteiger partial charge in [-0.3, -0.25) is 4.48 Å². The molecular formula is C13H20NO+.